The minimum absolute atomic E-state index is 0.00819. The Morgan fingerprint density at radius 1 is 1.53 bits per heavy atom. The molecule has 1 amide bonds. The molecule has 1 aromatic carbocycles. The summed E-state index contributed by atoms with van der Waals surface area (Å²) in [5, 5.41) is 2.82. The highest BCUT2D eigenvalue weighted by Gasteiger charge is 2.04. The topological polar surface area (TPSA) is 55.1 Å². The summed E-state index contributed by atoms with van der Waals surface area (Å²) in [6.45, 7) is 2.32. The average molecular weight is 250 g/mol. The molecule has 0 aliphatic rings. The van der Waals surface area contributed by atoms with E-state index in [1.807, 2.05) is 25.1 Å². The van der Waals surface area contributed by atoms with Crippen molar-refractivity contribution >= 4 is 29.6 Å². The third-order valence-electron chi connectivity index (χ3n) is 2.39. The molecule has 0 spiro atoms. The first-order valence-corrected chi connectivity index (χ1v) is 6.06. The number of hydrogen-bond donors (Lipinski definition) is 2. The van der Waals surface area contributed by atoms with Gasteiger partial charge in [0.25, 0.3) is 0 Å². The van der Waals surface area contributed by atoms with Crippen molar-refractivity contribution in [2.75, 3.05) is 5.75 Å². The molecule has 90 valence electrons. The first kappa shape index (κ1) is 12.0. The highest BCUT2D eigenvalue weighted by atomic mass is 32.1. The summed E-state index contributed by atoms with van der Waals surface area (Å²) in [6, 6.07) is 5.73. The highest BCUT2D eigenvalue weighted by molar-refractivity contribution is 7.80. The Balaban J connectivity index is 2.06. The number of aryl methyl sites for hydroxylation is 1. The lowest BCUT2D eigenvalue weighted by molar-refractivity contribution is -0.120. The normalized spacial score (nSPS) is 10.7. The molecule has 4 nitrogen and oxygen atoms in total. The number of carbonyl (C=O) groups excluding carboxylic acids is 1. The maximum Gasteiger partial charge on any atom is 0.221 e. The lowest BCUT2D eigenvalue weighted by atomic mass is 10.2. The van der Waals surface area contributed by atoms with Gasteiger partial charge in [0, 0.05) is 19.9 Å². The fraction of sp³-hybridized carbons (Fsp3) is 0.333. The number of hydrogen-bond acceptors (Lipinski definition) is 4. The van der Waals surface area contributed by atoms with Gasteiger partial charge >= 0.3 is 0 Å². The Labute approximate surface area is 105 Å². The van der Waals surface area contributed by atoms with Gasteiger partial charge in [-0.25, -0.2) is 4.98 Å². The van der Waals surface area contributed by atoms with E-state index in [-0.39, 0.29) is 5.91 Å². The van der Waals surface area contributed by atoms with Crippen LogP contribution in [0.5, 0.6) is 0 Å². The molecule has 0 saturated carbocycles. The number of benzene rings is 1. The molecule has 17 heavy (non-hydrogen) atoms. The maximum atomic E-state index is 11.3. The first-order chi connectivity index (χ1) is 8.19. The smallest absolute Gasteiger partial charge is 0.221 e. The first-order valence-electron chi connectivity index (χ1n) is 5.42. The summed E-state index contributed by atoms with van der Waals surface area (Å²) in [5.41, 5.74) is 2.59. The molecule has 0 unspecified atom stereocenters. The zero-order chi connectivity index (χ0) is 12.3. The van der Waals surface area contributed by atoms with E-state index < -0.39 is 0 Å². The molecule has 1 aromatic heterocycles. The molecule has 0 aliphatic heterocycles. The minimum atomic E-state index is 0.00819. The van der Waals surface area contributed by atoms with E-state index in [2.05, 4.69) is 22.9 Å². The predicted octanol–water partition coefficient (Wildman–Crippen LogP) is 2.07. The molecular weight excluding hydrogens is 236 g/mol. The second-order valence-corrected chi connectivity index (χ2v) is 4.23. The zero-order valence-electron chi connectivity index (χ0n) is 9.56. The second-order valence-electron chi connectivity index (χ2n) is 3.79. The van der Waals surface area contributed by atoms with E-state index in [1.165, 1.54) is 0 Å². The molecule has 0 radical (unpaired) electrons. The SMILES string of the molecule is Cc1nc2ccc(CNC(=O)CCS)cc2o1. The monoisotopic (exact) mass is 250 g/mol. The maximum absolute atomic E-state index is 11.3. The minimum Gasteiger partial charge on any atom is -0.441 e. The lowest BCUT2D eigenvalue weighted by Crippen LogP contribution is -2.22. The summed E-state index contributed by atoms with van der Waals surface area (Å²) < 4.78 is 5.43. The molecule has 2 aromatic rings. The number of carbonyl (C=O) groups is 1. The van der Waals surface area contributed by atoms with Crippen LogP contribution in [0.4, 0.5) is 0 Å². The van der Waals surface area contributed by atoms with Crippen molar-refractivity contribution < 1.29 is 9.21 Å². The van der Waals surface area contributed by atoms with Crippen LogP contribution in [0.3, 0.4) is 0 Å². The van der Waals surface area contributed by atoms with Crippen LogP contribution in [0, 0.1) is 6.92 Å². The fourth-order valence-electron chi connectivity index (χ4n) is 1.58. The van der Waals surface area contributed by atoms with Crippen LogP contribution in [0.1, 0.15) is 17.9 Å². The van der Waals surface area contributed by atoms with E-state index in [0.717, 1.165) is 16.7 Å². The molecule has 1 N–H and O–H groups in total. The third-order valence-corrected chi connectivity index (χ3v) is 2.61. The largest absolute Gasteiger partial charge is 0.441 e. The number of oxazole rings is 1. The Kier molecular flexibility index (Phi) is 3.68. The number of thiol groups is 1. The van der Waals surface area contributed by atoms with Crippen molar-refractivity contribution in [2.45, 2.75) is 19.9 Å². The van der Waals surface area contributed by atoms with E-state index in [4.69, 9.17) is 4.42 Å². The Morgan fingerprint density at radius 2 is 2.35 bits per heavy atom. The molecule has 1 heterocycles. The highest BCUT2D eigenvalue weighted by Crippen LogP contribution is 2.16. The molecule has 5 heteroatoms. The number of nitrogens with zero attached hydrogens (tertiary/aromatic N) is 1. The van der Waals surface area contributed by atoms with Gasteiger partial charge in [-0.15, -0.1) is 0 Å². The van der Waals surface area contributed by atoms with Crippen LogP contribution in [0.2, 0.25) is 0 Å². The van der Waals surface area contributed by atoms with Crippen molar-refractivity contribution in [1.82, 2.24) is 10.3 Å². The molecule has 0 saturated heterocycles. The lowest BCUT2D eigenvalue weighted by Gasteiger charge is -2.03. The van der Waals surface area contributed by atoms with Crippen molar-refractivity contribution in [1.29, 1.82) is 0 Å². The number of amides is 1. The quantitative estimate of drug-likeness (QED) is 0.817. The van der Waals surface area contributed by atoms with Gasteiger partial charge in [0.05, 0.1) is 0 Å². The van der Waals surface area contributed by atoms with Crippen molar-refractivity contribution in [3.8, 4) is 0 Å². The van der Waals surface area contributed by atoms with Gasteiger partial charge in [-0.05, 0) is 23.4 Å². The van der Waals surface area contributed by atoms with Crippen LogP contribution in [-0.4, -0.2) is 16.6 Å². The number of aromatic nitrogens is 1. The van der Waals surface area contributed by atoms with E-state index in [0.29, 0.717) is 24.6 Å². The summed E-state index contributed by atoms with van der Waals surface area (Å²) in [6.07, 6.45) is 0.437. The summed E-state index contributed by atoms with van der Waals surface area (Å²) >= 11 is 4.01. The average Bonchev–Trinajstić information content (AvgIpc) is 2.66. The fourth-order valence-corrected chi connectivity index (χ4v) is 1.79. The van der Waals surface area contributed by atoms with E-state index >= 15 is 0 Å². The molecule has 0 bridgehead atoms. The predicted molar refractivity (Wildman–Crippen MR) is 69.1 cm³/mol. The second kappa shape index (κ2) is 5.23. The van der Waals surface area contributed by atoms with Crippen molar-refractivity contribution in [3.63, 3.8) is 0 Å². The van der Waals surface area contributed by atoms with E-state index in [9.17, 15) is 4.79 Å². The summed E-state index contributed by atoms with van der Waals surface area (Å²) in [4.78, 5) is 15.5. The van der Waals surface area contributed by atoms with Gasteiger partial charge in [-0.3, -0.25) is 4.79 Å². The van der Waals surface area contributed by atoms with Crippen molar-refractivity contribution in [3.05, 3.63) is 29.7 Å². The van der Waals surface area contributed by atoms with Crippen LogP contribution >= 0.6 is 12.6 Å². The zero-order valence-corrected chi connectivity index (χ0v) is 10.5. The van der Waals surface area contributed by atoms with Gasteiger partial charge in [0.2, 0.25) is 5.91 Å². The van der Waals surface area contributed by atoms with Crippen LogP contribution in [-0.2, 0) is 11.3 Å². The summed E-state index contributed by atoms with van der Waals surface area (Å²) in [7, 11) is 0. The van der Waals surface area contributed by atoms with Gasteiger partial charge in [-0.1, -0.05) is 6.07 Å². The Hall–Kier alpha value is -1.49. The Bertz CT molecular complexity index is 536. The summed E-state index contributed by atoms with van der Waals surface area (Å²) in [5.74, 6) is 1.22. The van der Waals surface area contributed by atoms with Gasteiger partial charge < -0.3 is 9.73 Å². The molecular formula is C12H14N2O2S. The van der Waals surface area contributed by atoms with E-state index in [1.54, 1.807) is 0 Å². The number of fused-ring (bicyclic) bond motifs is 1. The molecule has 2 rings (SSSR count). The Morgan fingerprint density at radius 3 is 3.12 bits per heavy atom. The molecule has 0 atom stereocenters. The van der Waals surface area contributed by atoms with Crippen LogP contribution < -0.4 is 5.32 Å². The third kappa shape index (κ3) is 3.00. The van der Waals surface area contributed by atoms with Crippen LogP contribution in [0.25, 0.3) is 11.1 Å². The van der Waals surface area contributed by atoms with Gasteiger partial charge in [0.15, 0.2) is 11.5 Å². The number of rotatable bonds is 4. The van der Waals surface area contributed by atoms with Crippen LogP contribution in [0.15, 0.2) is 22.6 Å². The molecule has 0 aliphatic carbocycles. The standard InChI is InChI=1S/C12H14N2O2S/c1-8-14-10-3-2-9(6-11(10)16-8)7-13-12(15)4-5-17/h2-3,6,17H,4-5,7H2,1H3,(H,13,15). The molecule has 0 fully saturated rings. The number of nitrogens with one attached hydrogen (secondary N) is 1. The van der Waals surface area contributed by atoms with Crippen molar-refractivity contribution in [2.24, 2.45) is 0 Å². The van der Waals surface area contributed by atoms with Gasteiger partial charge in [0.1, 0.15) is 5.52 Å². The van der Waals surface area contributed by atoms with Gasteiger partial charge in [-0.2, -0.15) is 12.6 Å².